The minimum atomic E-state index is -0.179. The lowest BCUT2D eigenvalue weighted by molar-refractivity contribution is 0.253. The molecule has 0 spiro atoms. The van der Waals surface area contributed by atoms with Crippen molar-refractivity contribution in [1.82, 2.24) is 15.2 Å². The molecule has 0 saturated carbocycles. The highest BCUT2D eigenvalue weighted by Crippen LogP contribution is 2.41. The van der Waals surface area contributed by atoms with Gasteiger partial charge in [-0.05, 0) is 67.2 Å². The topological polar surface area (TPSA) is 54.4 Å². The Morgan fingerprint density at radius 1 is 1.13 bits per heavy atom. The Hall–Kier alpha value is -3.09. The van der Waals surface area contributed by atoms with Crippen LogP contribution in [0.5, 0.6) is 0 Å². The quantitative estimate of drug-likeness (QED) is 0.373. The molecule has 5 nitrogen and oxygen atoms in total. The number of aromatic nitrogens is 1. The second-order valence-electron chi connectivity index (χ2n) is 7.50. The molecule has 0 unspecified atom stereocenters. The molecular weight excluding hydrogens is 430 g/mol. The summed E-state index contributed by atoms with van der Waals surface area (Å²) < 4.78 is 11.9. The van der Waals surface area contributed by atoms with Gasteiger partial charge >= 0.3 is 0 Å². The van der Waals surface area contributed by atoms with Gasteiger partial charge in [0.25, 0.3) is 0 Å². The lowest BCUT2D eigenvalue weighted by atomic mass is 10.0. The molecule has 2 atom stereocenters. The van der Waals surface area contributed by atoms with Crippen molar-refractivity contribution in [3.8, 4) is 11.3 Å². The van der Waals surface area contributed by atoms with Gasteiger partial charge in [-0.1, -0.05) is 29.8 Å². The third-order valence-corrected chi connectivity index (χ3v) is 6.24. The summed E-state index contributed by atoms with van der Waals surface area (Å²) in [6.45, 7) is 2.51. The van der Waals surface area contributed by atoms with E-state index >= 15 is 0 Å². The van der Waals surface area contributed by atoms with Crippen molar-refractivity contribution >= 4 is 28.9 Å². The fourth-order valence-electron chi connectivity index (χ4n) is 3.87. The second kappa shape index (κ2) is 8.21. The number of benzene rings is 1. The van der Waals surface area contributed by atoms with Crippen LogP contribution in [0.3, 0.4) is 0 Å². The fourth-order valence-corrected chi connectivity index (χ4v) is 4.35. The van der Waals surface area contributed by atoms with Crippen LogP contribution in [-0.4, -0.2) is 15.0 Å². The van der Waals surface area contributed by atoms with Crippen LogP contribution < -0.4 is 5.32 Å². The highest BCUT2D eigenvalue weighted by atomic mass is 35.5. The van der Waals surface area contributed by atoms with E-state index in [-0.39, 0.29) is 12.1 Å². The van der Waals surface area contributed by atoms with Crippen molar-refractivity contribution in [3.63, 3.8) is 0 Å². The lowest BCUT2D eigenvalue weighted by Crippen LogP contribution is -2.28. The van der Waals surface area contributed by atoms with E-state index in [1.54, 1.807) is 12.5 Å². The predicted octanol–water partition coefficient (Wildman–Crippen LogP) is 6.07. The Morgan fingerprint density at radius 3 is 2.77 bits per heavy atom. The van der Waals surface area contributed by atoms with Crippen molar-refractivity contribution < 1.29 is 8.83 Å². The summed E-state index contributed by atoms with van der Waals surface area (Å²) in [4.78, 5) is 6.64. The average Bonchev–Trinajstić information content (AvgIpc) is 3.52. The molecule has 156 valence electrons. The molecule has 1 saturated heterocycles. The number of hydrogen-bond donors (Lipinski definition) is 1. The van der Waals surface area contributed by atoms with Crippen LogP contribution in [0.25, 0.3) is 11.3 Å². The molecule has 1 aromatic carbocycles. The van der Waals surface area contributed by atoms with Gasteiger partial charge in [-0.15, -0.1) is 0 Å². The molecule has 1 aliphatic rings. The van der Waals surface area contributed by atoms with Gasteiger partial charge in [-0.3, -0.25) is 4.98 Å². The normalized spacial score (nSPS) is 18.4. The first-order chi connectivity index (χ1) is 15.1. The minimum absolute atomic E-state index is 0.149. The van der Waals surface area contributed by atoms with Gasteiger partial charge in [-0.25, -0.2) is 0 Å². The molecule has 1 fully saturated rings. The van der Waals surface area contributed by atoms with Gasteiger partial charge in [-0.2, -0.15) is 0 Å². The maximum Gasteiger partial charge on any atom is 0.170 e. The largest absolute Gasteiger partial charge is 0.467 e. The number of nitrogens with zero attached hydrogens (tertiary/aromatic N) is 2. The highest BCUT2D eigenvalue weighted by Gasteiger charge is 2.42. The lowest BCUT2D eigenvalue weighted by Gasteiger charge is -2.25. The van der Waals surface area contributed by atoms with Crippen molar-refractivity contribution in [3.05, 3.63) is 101 Å². The Kier molecular flexibility index (Phi) is 5.26. The fraction of sp³-hybridized carbons (Fsp3) is 0.167. The van der Waals surface area contributed by atoms with Crippen molar-refractivity contribution in [2.75, 3.05) is 0 Å². The van der Waals surface area contributed by atoms with E-state index in [0.717, 1.165) is 34.1 Å². The van der Waals surface area contributed by atoms with E-state index in [0.29, 0.717) is 16.7 Å². The van der Waals surface area contributed by atoms with Crippen molar-refractivity contribution in [1.29, 1.82) is 0 Å². The van der Waals surface area contributed by atoms with Gasteiger partial charge in [0, 0.05) is 16.8 Å². The maximum atomic E-state index is 6.34. The number of halogens is 1. The third kappa shape index (κ3) is 3.84. The Morgan fingerprint density at radius 2 is 2.03 bits per heavy atom. The van der Waals surface area contributed by atoms with E-state index < -0.39 is 0 Å². The molecule has 0 bridgehead atoms. The van der Waals surface area contributed by atoms with Gasteiger partial charge in [0.2, 0.25) is 0 Å². The summed E-state index contributed by atoms with van der Waals surface area (Å²) in [5, 5.41) is 4.76. The molecule has 0 radical (unpaired) electrons. The first-order valence-corrected chi connectivity index (χ1v) is 10.8. The van der Waals surface area contributed by atoms with Gasteiger partial charge in [0.15, 0.2) is 5.11 Å². The SMILES string of the molecule is Cc1ccc(-c2ccc([C@@H]3[C@H](c4ccccn4)NC(=S)N3Cc3ccco3)o2)cc1Cl. The number of thiocarbonyl (C=S) groups is 1. The van der Waals surface area contributed by atoms with E-state index in [4.69, 9.17) is 32.7 Å². The van der Waals surface area contributed by atoms with Crippen LogP contribution in [-0.2, 0) is 6.54 Å². The zero-order valence-electron chi connectivity index (χ0n) is 16.8. The smallest absolute Gasteiger partial charge is 0.170 e. The Bertz CT molecular complexity index is 1210. The Labute approximate surface area is 190 Å². The molecule has 31 heavy (non-hydrogen) atoms. The molecule has 4 aromatic rings. The monoisotopic (exact) mass is 449 g/mol. The number of aryl methyl sites for hydroxylation is 1. The number of furan rings is 2. The average molecular weight is 450 g/mol. The molecule has 3 aromatic heterocycles. The number of hydrogen-bond acceptors (Lipinski definition) is 4. The van der Waals surface area contributed by atoms with Crippen LogP contribution in [0.4, 0.5) is 0 Å². The highest BCUT2D eigenvalue weighted by molar-refractivity contribution is 7.80. The van der Waals surface area contributed by atoms with Gasteiger partial charge in [0.05, 0.1) is 24.5 Å². The molecule has 5 rings (SSSR count). The van der Waals surface area contributed by atoms with Gasteiger partial charge in [0.1, 0.15) is 23.3 Å². The Balaban J connectivity index is 1.54. The maximum absolute atomic E-state index is 6.34. The number of rotatable bonds is 5. The predicted molar refractivity (Wildman–Crippen MR) is 124 cm³/mol. The van der Waals surface area contributed by atoms with Crippen LogP contribution in [0.1, 0.15) is 34.9 Å². The van der Waals surface area contributed by atoms with Crippen LogP contribution in [0, 0.1) is 6.92 Å². The molecule has 7 heteroatoms. The standard InChI is InChI=1S/C24H20ClN3O2S/c1-15-7-8-16(13-18(15)25)20-9-10-21(30-20)23-22(19-6-2-3-11-26-19)27-24(31)28(23)14-17-5-4-12-29-17/h2-13,22-23H,14H2,1H3,(H,27,31)/t22-,23+/m0/s1. The molecule has 1 aliphatic heterocycles. The first kappa shape index (κ1) is 19.8. The summed E-state index contributed by atoms with van der Waals surface area (Å²) in [7, 11) is 0. The summed E-state index contributed by atoms with van der Waals surface area (Å²) >= 11 is 12.0. The first-order valence-electron chi connectivity index (χ1n) is 9.97. The molecule has 0 aliphatic carbocycles. The molecule has 4 heterocycles. The van der Waals surface area contributed by atoms with Crippen LogP contribution >= 0.6 is 23.8 Å². The van der Waals surface area contributed by atoms with E-state index in [9.17, 15) is 0 Å². The van der Waals surface area contributed by atoms with E-state index in [1.807, 2.05) is 67.6 Å². The number of nitrogens with one attached hydrogen (secondary N) is 1. The number of pyridine rings is 1. The zero-order chi connectivity index (χ0) is 21.4. The van der Waals surface area contributed by atoms with Crippen LogP contribution in [0.2, 0.25) is 5.02 Å². The van der Waals surface area contributed by atoms with Crippen LogP contribution in [0.15, 0.2) is 82.0 Å². The summed E-state index contributed by atoms with van der Waals surface area (Å²) in [6, 6.07) is 19.2. The van der Waals surface area contributed by atoms with E-state index in [2.05, 4.69) is 15.2 Å². The zero-order valence-corrected chi connectivity index (χ0v) is 18.4. The molecule has 1 N–H and O–H groups in total. The van der Waals surface area contributed by atoms with Crippen molar-refractivity contribution in [2.45, 2.75) is 25.6 Å². The second-order valence-corrected chi connectivity index (χ2v) is 8.29. The molecule has 0 amide bonds. The summed E-state index contributed by atoms with van der Waals surface area (Å²) in [5.74, 6) is 2.38. The van der Waals surface area contributed by atoms with E-state index in [1.165, 1.54) is 0 Å². The summed E-state index contributed by atoms with van der Waals surface area (Å²) in [5.41, 5.74) is 2.86. The minimum Gasteiger partial charge on any atom is -0.467 e. The third-order valence-electron chi connectivity index (χ3n) is 5.48. The molecular formula is C24H20ClN3O2S. The summed E-state index contributed by atoms with van der Waals surface area (Å²) in [6.07, 6.45) is 3.45. The van der Waals surface area contributed by atoms with Crippen molar-refractivity contribution in [2.24, 2.45) is 0 Å². The van der Waals surface area contributed by atoms with Gasteiger partial charge < -0.3 is 19.1 Å².